The summed E-state index contributed by atoms with van der Waals surface area (Å²) in [6, 6.07) is 20.5. The third-order valence-corrected chi connectivity index (χ3v) is 3.66. The van der Waals surface area contributed by atoms with E-state index in [1.165, 1.54) is 10.9 Å². The van der Waals surface area contributed by atoms with Crippen molar-refractivity contribution in [1.82, 2.24) is 0 Å². The summed E-state index contributed by atoms with van der Waals surface area (Å²) in [5, 5.41) is 2.30. The standard InChI is InChI=1S/C21H19NO/c1-3-14-23-21-13-10-17-6-4-5-7-19(17)20(21)15-22-18-11-8-16(2)9-12-18/h3-13,15H,1,14H2,2H3. The van der Waals surface area contributed by atoms with Gasteiger partial charge < -0.3 is 4.74 Å². The molecule has 0 saturated carbocycles. The van der Waals surface area contributed by atoms with Crippen LogP contribution in [-0.4, -0.2) is 12.8 Å². The number of aryl methyl sites for hydroxylation is 1. The van der Waals surface area contributed by atoms with Crippen LogP contribution in [0.4, 0.5) is 5.69 Å². The molecule has 0 radical (unpaired) electrons. The highest BCUT2D eigenvalue weighted by molar-refractivity contribution is 6.03. The molecule has 0 N–H and O–H groups in total. The molecule has 2 heteroatoms. The fourth-order valence-corrected chi connectivity index (χ4v) is 2.45. The molecule has 0 aliphatic rings. The molecule has 0 aliphatic heterocycles. The SMILES string of the molecule is C=CCOc1ccc2ccccc2c1C=Nc1ccc(C)cc1. The minimum atomic E-state index is 0.476. The van der Waals surface area contributed by atoms with Gasteiger partial charge in [-0.15, -0.1) is 0 Å². The van der Waals surface area contributed by atoms with Crippen molar-refractivity contribution >= 4 is 22.7 Å². The van der Waals surface area contributed by atoms with E-state index in [0.717, 1.165) is 22.4 Å². The molecule has 0 fully saturated rings. The van der Waals surface area contributed by atoms with Gasteiger partial charge in [0.15, 0.2) is 0 Å². The first-order chi connectivity index (χ1) is 11.3. The summed E-state index contributed by atoms with van der Waals surface area (Å²) in [7, 11) is 0. The lowest BCUT2D eigenvalue weighted by Gasteiger charge is -2.10. The van der Waals surface area contributed by atoms with Crippen molar-refractivity contribution in [1.29, 1.82) is 0 Å². The molecule has 3 aromatic rings. The average Bonchev–Trinajstić information content (AvgIpc) is 2.59. The Morgan fingerprint density at radius 3 is 2.57 bits per heavy atom. The van der Waals surface area contributed by atoms with Crippen molar-refractivity contribution in [3.05, 3.63) is 84.4 Å². The molecule has 2 nitrogen and oxygen atoms in total. The van der Waals surface area contributed by atoms with Gasteiger partial charge in [-0.3, -0.25) is 4.99 Å². The highest BCUT2D eigenvalue weighted by Crippen LogP contribution is 2.27. The molecular weight excluding hydrogens is 282 g/mol. The average molecular weight is 301 g/mol. The van der Waals surface area contributed by atoms with Gasteiger partial charge in [0.2, 0.25) is 0 Å². The van der Waals surface area contributed by atoms with Gasteiger partial charge in [-0.1, -0.05) is 60.7 Å². The van der Waals surface area contributed by atoms with Crippen LogP contribution in [0.2, 0.25) is 0 Å². The molecule has 3 aromatic carbocycles. The van der Waals surface area contributed by atoms with Crippen molar-refractivity contribution in [2.75, 3.05) is 6.61 Å². The van der Waals surface area contributed by atoms with Crippen LogP contribution in [0.15, 0.2) is 78.3 Å². The monoisotopic (exact) mass is 301 g/mol. The van der Waals surface area contributed by atoms with Crippen molar-refractivity contribution in [2.45, 2.75) is 6.92 Å². The van der Waals surface area contributed by atoms with Crippen LogP contribution in [0.5, 0.6) is 5.75 Å². The lowest BCUT2D eigenvalue weighted by molar-refractivity contribution is 0.363. The summed E-state index contributed by atoms with van der Waals surface area (Å²) in [5.41, 5.74) is 3.15. The number of ether oxygens (including phenoxy) is 1. The van der Waals surface area contributed by atoms with E-state index in [1.54, 1.807) is 6.08 Å². The Morgan fingerprint density at radius 1 is 1.00 bits per heavy atom. The second kappa shape index (κ2) is 6.93. The Labute approximate surface area is 136 Å². The maximum Gasteiger partial charge on any atom is 0.129 e. The largest absolute Gasteiger partial charge is 0.489 e. The quantitative estimate of drug-likeness (QED) is 0.453. The molecule has 0 heterocycles. The van der Waals surface area contributed by atoms with Gasteiger partial charge in [0.05, 0.1) is 5.69 Å². The lowest BCUT2D eigenvalue weighted by Crippen LogP contribution is -1.97. The number of hydrogen-bond acceptors (Lipinski definition) is 2. The molecule has 23 heavy (non-hydrogen) atoms. The minimum absolute atomic E-state index is 0.476. The van der Waals surface area contributed by atoms with E-state index in [1.807, 2.05) is 36.5 Å². The number of fused-ring (bicyclic) bond motifs is 1. The van der Waals surface area contributed by atoms with E-state index in [0.29, 0.717) is 6.61 Å². The first-order valence-corrected chi connectivity index (χ1v) is 7.64. The highest BCUT2D eigenvalue weighted by Gasteiger charge is 2.06. The van der Waals surface area contributed by atoms with E-state index in [2.05, 4.69) is 48.8 Å². The Balaban J connectivity index is 2.05. The Hall–Kier alpha value is -2.87. The summed E-state index contributed by atoms with van der Waals surface area (Å²) in [6.45, 7) is 6.26. The fraction of sp³-hybridized carbons (Fsp3) is 0.0952. The predicted octanol–water partition coefficient (Wildman–Crippen LogP) is 5.46. The summed E-state index contributed by atoms with van der Waals surface area (Å²) in [6.07, 6.45) is 3.63. The number of hydrogen-bond donors (Lipinski definition) is 0. The molecular formula is C21H19NO. The van der Waals surface area contributed by atoms with Gasteiger partial charge in [0.25, 0.3) is 0 Å². The van der Waals surface area contributed by atoms with Crippen LogP contribution in [-0.2, 0) is 0 Å². The molecule has 0 aliphatic carbocycles. The Morgan fingerprint density at radius 2 is 1.78 bits per heavy atom. The van der Waals surface area contributed by atoms with Gasteiger partial charge in [-0.05, 0) is 35.9 Å². The molecule has 0 unspecified atom stereocenters. The van der Waals surface area contributed by atoms with E-state index < -0.39 is 0 Å². The van der Waals surface area contributed by atoms with E-state index in [-0.39, 0.29) is 0 Å². The molecule has 0 saturated heterocycles. The molecule has 0 atom stereocenters. The zero-order chi connectivity index (χ0) is 16.1. The van der Waals surface area contributed by atoms with Crippen LogP contribution in [0.1, 0.15) is 11.1 Å². The predicted molar refractivity (Wildman–Crippen MR) is 98.1 cm³/mol. The minimum Gasteiger partial charge on any atom is -0.489 e. The van der Waals surface area contributed by atoms with Crippen LogP contribution >= 0.6 is 0 Å². The van der Waals surface area contributed by atoms with Gasteiger partial charge in [0.1, 0.15) is 12.4 Å². The van der Waals surface area contributed by atoms with Crippen molar-refractivity contribution in [2.24, 2.45) is 4.99 Å². The smallest absolute Gasteiger partial charge is 0.129 e. The molecule has 0 aromatic heterocycles. The van der Waals surface area contributed by atoms with Gasteiger partial charge in [-0.25, -0.2) is 0 Å². The van der Waals surface area contributed by atoms with E-state index >= 15 is 0 Å². The molecule has 0 amide bonds. The van der Waals surface area contributed by atoms with Gasteiger partial charge in [0, 0.05) is 11.8 Å². The second-order valence-corrected chi connectivity index (χ2v) is 5.39. The Bertz CT molecular complexity index is 847. The third kappa shape index (κ3) is 3.49. The third-order valence-electron chi connectivity index (χ3n) is 3.66. The summed E-state index contributed by atoms with van der Waals surface area (Å²) >= 11 is 0. The lowest BCUT2D eigenvalue weighted by atomic mass is 10.0. The zero-order valence-electron chi connectivity index (χ0n) is 13.2. The number of benzene rings is 3. The normalized spacial score (nSPS) is 11.0. The van der Waals surface area contributed by atoms with Gasteiger partial charge in [-0.2, -0.15) is 0 Å². The first kappa shape index (κ1) is 15.0. The maximum atomic E-state index is 5.79. The van der Waals surface area contributed by atoms with Crippen LogP contribution in [0, 0.1) is 6.92 Å². The first-order valence-electron chi connectivity index (χ1n) is 7.64. The Kier molecular flexibility index (Phi) is 4.53. The van der Waals surface area contributed by atoms with Crippen molar-refractivity contribution < 1.29 is 4.74 Å². The van der Waals surface area contributed by atoms with E-state index in [4.69, 9.17) is 4.74 Å². The van der Waals surface area contributed by atoms with Crippen LogP contribution in [0.25, 0.3) is 10.8 Å². The van der Waals surface area contributed by atoms with Crippen LogP contribution in [0.3, 0.4) is 0 Å². The second-order valence-electron chi connectivity index (χ2n) is 5.39. The summed E-state index contributed by atoms with van der Waals surface area (Å²) in [4.78, 5) is 4.61. The number of aliphatic imine (C=N–C) groups is 1. The van der Waals surface area contributed by atoms with Crippen LogP contribution < -0.4 is 4.74 Å². The summed E-state index contributed by atoms with van der Waals surface area (Å²) < 4.78 is 5.79. The number of rotatable bonds is 5. The molecule has 0 bridgehead atoms. The molecule has 3 rings (SSSR count). The maximum absolute atomic E-state index is 5.79. The fourth-order valence-electron chi connectivity index (χ4n) is 2.45. The number of nitrogens with zero attached hydrogens (tertiary/aromatic N) is 1. The zero-order valence-corrected chi connectivity index (χ0v) is 13.2. The molecule has 114 valence electrons. The van der Waals surface area contributed by atoms with Crippen molar-refractivity contribution in [3.63, 3.8) is 0 Å². The van der Waals surface area contributed by atoms with Crippen molar-refractivity contribution in [3.8, 4) is 5.75 Å². The summed E-state index contributed by atoms with van der Waals surface area (Å²) in [5.74, 6) is 0.819. The topological polar surface area (TPSA) is 21.6 Å². The highest BCUT2D eigenvalue weighted by atomic mass is 16.5. The van der Waals surface area contributed by atoms with Gasteiger partial charge >= 0.3 is 0 Å². The molecule has 0 spiro atoms. The van der Waals surface area contributed by atoms with E-state index in [9.17, 15) is 0 Å².